The van der Waals surface area contributed by atoms with Crippen LogP contribution in [0.3, 0.4) is 0 Å². The largest absolute Gasteiger partial charge is 0.493 e. The normalized spacial score (nSPS) is 22.2. The minimum Gasteiger partial charge on any atom is -0.493 e. The van der Waals surface area contributed by atoms with Crippen LogP contribution >= 0.6 is 0 Å². The summed E-state index contributed by atoms with van der Waals surface area (Å²) in [6, 6.07) is 17.1. The van der Waals surface area contributed by atoms with Gasteiger partial charge in [0, 0.05) is 49.0 Å². The van der Waals surface area contributed by atoms with Gasteiger partial charge in [0.05, 0.1) is 31.5 Å². The van der Waals surface area contributed by atoms with Gasteiger partial charge < -0.3 is 20.1 Å². The molecule has 3 aliphatic rings. The van der Waals surface area contributed by atoms with Crippen LogP contribution in [0.5, 0.6) is 11.5 Å². The van der Waals surface area contributed by atoms with Crippen molar-refractivity contribution in [1.29, 1.82) is 5.26 Å². The molecule has 37 heavy (non-hydrogen) atoms. The molecular weight excluding hydrogens is 468 g/mol. The molecule has 2 N–H and O–H groups in total. The fourth-order valence-corrected chi connectivity index (χ4v) is 5.70. The Morgan fingerprint density at radius 1 is 1.16 bits per heavy atom. The standard InChI is InChI=1S/C28H32N6O3/c1-33-25(14-24(32-33)20-7-8-26(36-2)27(13-20)37-3)23-17-34-10-9-19(23)12-22(34)16-30-28(35)31-21-6-4-5-18(11-21)15-29/h4-8,11,13-14,19,22-23H,9-10,12,16-17H2,1-3H3,(H2,30,31,35)/t19-,22+,23-/m0/s1. The van der Waals surface area contributed by atoms with Crippen LogP contribution in [-0.2, 0) is 7.05 Å². The summed E-state index contributed by atoms with van der Waals surface area (Å²) in [6.45, 7) is 2.59. The number of fused-ring (bicyclic) bond motifs is 3. The van der Waals surface area contributed by atoms with Crippen molar-refractivity contribution >= 4 is 11.7 Å². The van der Waals surface area contributed by atoms with E-state index in [0.29, 0.717) is 47.2 Å². The molecule has 0 radical (unpaired) electrons. The molecule has 0 spiro atoms. The quantitative estimate of drug-likeness (QED) is 0.509. The monoisotopic (exact) mass is 500 g/mol. The molecule has 0 aliphatic carbocycles. The van der Waals surface area contributed by atoms with Gasteiger partial charge in [0.2, 0.25) is 0 Å². The molecule has 3 aromatic rings. The van der Waals surface area contributed by atoms with E-state index >= 15 is 0 Å². The van der Waals surface area contributed by atoms with E-state index in [2.05, 4.69) is 27.7 Å². The van der Waals surface area contributed by atoms with E-state index in [9.17, 15) is 4.79 Å². The molecule has 3 fully saturated rings. The zero-order chi connectivity index (χ0) is 25.9. The molecule has 9 heteroatoms. The van der Waals surface area contributed by atoms with Crippen LogP contribution in [0, 0.1) is 17.2 Å². The molecule has 2 bridgehead atoms. The Morgan fingerprint density at radius 3 is 2.73 bits per heavy atom. The molecular formula is C28H32N6O3. The SMILES string of the molecule is COc1ccc(-c2cc([C@H]3CN4CC[C@H]3C[C@@H]4CNC(=O)Nc3cccc(C#N)c3)n(C)n2)cc1OC. The van der Waals surface area contributed by atoms with Crippen LogP contribution in [-0.4, -0.2) is 60.6 Å². The van der Waals surface area contributed by atoms with Crippen molar-refractivity contribution < 1.29 is 14.3 Å². The second-order valence-corrected chi connectivity index (χ2v) is 9.72. The van der Waals surface area contributed by atoms with Gasteiger partial charge in [-0.05, 0) is 67.8 Å². The molecule has 2 aromatic carbocycles. The Kier molecular flexibility index (Phi) is 7.01. The Labute approximate surface area is 217 Å². The number of carbonyl (C=O) groups excluding carboxylic acids is 1. The number of ether oxygens (including phenoxy) is 2. The summed E-state index contributed by atoms with van der Waals surface area (Å²) in [5.74, 6) is 2.33. The van der Waals surface area contributed by atoms with E-state index in [1.54, 1.807) is 38.5 Å². The molecule has 0 saturated carbocycles. The van der Waals surface area contributed by atoms with Crippen molar-refractivity contribution in [3.63, 3.8) is 0 Å². The fraction of sp³-hybridized carbons (Fsp3) is 0.393. The van der Waals surface area contributed by atoms with Crippen LogP contribution in [0.2, 0.25) is 0 Å². The number of hydrogen-bond acceptors (Lipinski definition) is 6. The van der Waals surface area contributed by atoms with Crippen molar-refractivity contribution in [2.75, 3.05) is 39.2 Å². The predicted molar refractivity (Wildman–Crippen MR) is 141 cm³/mol. The lowest BCUT2D eigenvalue weighted by atomic mass is 9.74. The Balaban J connectivity index is 1.22. The third-order valence-corrected chi connectivity index (χ3v) is 7.60. The summed E-state index contributed by atoms with van der Waals surface area (Å²) < 4.78 is 12.9. The highest BCUT2D eigenvalue weighted by Crippen LogP contribution is 2.42. The van der Waals surface area contributed by atoms with E-state index in [4.69, 9.17) is 19.8 Å². The van der Waals surface area contributed by atoms with Gasteiger partial charge in [0.25, 0.3) is 0 Å². The van der Waals surface area contributed by atoms with E-state index in [0.717, 1.165) is 37.2 Å². The van der Waals surface area contributed by atoms with E-state index < -0.39 is 0 Å². The number of hydrogen-bond donors (Lipinski definition) is 2. The Bertz CT molecular complexity index is 1330. The van der Waals surface area contributed by atoms with Gasteiger partial charge in [-0.1, -0.05) is 6.07 Å². The molecule has 3 aliphatic heterocycles. The van der Waals surface area contributed by atoms with Crippen molar-refractivity contribution in [3.8, 4) is 28.8 Å². The summed E-state index contributed by atoms with van der Waals surface area (Å²) in [7, 11) is 5.29. The van der Waals surface area contributed by atoms with Crippen LogP contribution in [0.1, 0.15) is 30.0 Å². The fourth-order valence-electron chi connectivity index (χ4n) is 5.70. The molecule has 9 nitrogen and oxygen atoms in total. The molecule has 6 rings (SSSR count). The maximum absolute atomic E-state index is 12.5. The van der Waals surface area contributed by atoms with Gasteiger partial charge in [-0.2, -0.15) is 10.4 Å². The van der Waals surface area contributed by atoms with Crippen LogP contribution in [0.4, 0.5) is 10.5 Å². The maximum atomic E-state index is 12.5. The number of nitriles is 1. The third-order valence-electron chi connectivity index (χ3n) is 7.60. The van der Waals surface area contributed by atoms with E-state index in [-0.39, 0.29) is 6.03 Å². The molecule has 4 heterocycles. The van der Waals surface area contributed by atoms with Crippen molar-refractivity contribution in [1.82, 2.24) is 20.0 Å². The number of rotatable bonds is 7. The highest BCUT2D eigenvalue weighted by Gasteiger charge is 2.41. The van der Waals surface area contributed by atoms with Gasteiger partial charge in [-0.25, -0.2) is 4.79 Å². The van der Waals surface area contributed by atoms with Gasteiger partial charge in [0.1, 0.15) is 0 Å². The minimum atomic E-state index is -0.250. The summed E-state index contributed by atoms with van der Waals surface area (Å²) in [5.41, 5.74) is 4.29. The number of amides is 2. The first-order valence-corrected chi connectivity index (χ1v) is 12.5. The number of benzene rings is 2. The average Bonchev–Trinajstić information content (AvgIpc) is 3.33. The first kappa shape index (κ1) is 24.7. The number of nitrogens with zero attached hydrogens (tertiary/aromatic N) is 4. The highest BCUT2D eigenvalue weighted by atomic mass is 16.5. The van der Waals surface area contributed by atoms with Gasteiger partial charge >= 0.3 is 6.03 Å². The smallest absolute Gasteiger partial charge is 0.319 e. The summed E-state index contributed by atoms with van der Waals surface area (Å²) in [5, 5.41) is 19.7. The first-order chi connectivity index (χ1) is 18.0. The molecule has 1 unspecified atom stereocenters. The lowest BCUT2D eigenvalue weighted by Gasteiger charge is -2.49. The van der Waals surface area contributed by atoms with Gasteiger partial charge in [-0.15, -0.1) is 0 Å². The number of anilines is 1. The number of urea groups is 1. The molecule has 1 aromatic heterocycles. The van der Waals surface area contributed by atoms with Gasteiger partial charge in [-0.3, -0.25) is 9.58 Å². The Hall–Kier alpha value is -4.03. The second-order valence-electron chi connectivity index (χ2n) is 9.72. The topological polar surface area (TPSA) is 104 Å². The second kappa shape index (κ2) is 10.5. The number of carbonyl (C=O) groups is 1. The third kappa shape index (κ3) is 5.11. The number of aryl methyl sites for hydroxylation is 1. The lowest BCUT2D eigenvalue weighted by Crippen LogP contribution is -2.56. The Morgan fingerprint density at radius 2 is 2.00 bits per heavy atom. The molecule has 2 amide bonds. The molecule has 192 valence electrons. The number of piperidine rings is 3. The highest BCUT2D eigenvalue weighted by molar-refractivity contribution is 5.89. The maximum Gasteiger partial charge on any atom is 0.319 e. The zero-order valence-electron chi connectivity index (χ0n) is 21.4. The molecule has 3 saturated heterocycles. The lowest BCUT2D eigenvalue weighted by molar-refractivity contribution is 0.0296. The van der Waals surface area contributed by atoms with Gasteiger partial charge in [0.15, 0.2) is 11.5 Å². The summed E-state index contributed by atoms with van der Waals surface area (Å²) in [4.78, 5) is 15.0. The van der Waals surface area contributed by atoms with Crippen molar-refractivity contribution in [3.05, 3.63) is 59.8 Å². The van der Waals surface area contributed by atoms with Crippen LogP contribution in [0.25, 0.3) is 11.3 Å². The zero-order valence-corrected chi connectivity index (χ0v) is 21.4. The van der Waals surface area contributed by atoms with E-state index in [1.807, 2.05) is 29.9 Å². The van der Waals surface area contributed by atoms with Crippen molar-refractivity contribution in [2.24, 2.45) is 13.0 Å². The number of methoxy groups -OCH3 is 2. The average molecular weight is 501 g/mol. The number of nitrogens with one attached hydrogen (secondary N) is 2. The first-order valence-electron chi connectivity index (χ1n) is 12.5. The molecule has 4 atom stereocenters. The van der Waals surface area contributed by atoms with Crippen LogP contribution in [0.15, 0.2) is 48.5 Å². The van der Waals surface area contributed by atoms with Crippen LogP contribution < -0.4 is 20.1 Å². The minimum absolute atomic E-state index is 0.250. The van der Waals surface area contributed by atoms with Crippen molar-refractivity contribution in [2.45, 2.75) is 24.8 Å². The van der Waals surface area contributed by atoms with E-state index in [1.165, 1.54) is 5.69 Å². The number of aromatic nitrogens is 2. The summed E-state index contributed by atoms with van der Waals surface area (Å²) >= 11 is 0. The predicted octanol–water partition coefficient (Wildman–Crippen LogP) is 3.98. The summed E-state index contributed by atoms with van der Waals surface area (Å²) in [6.07, 6.45) is 2.18.